The molecule has 0 amide bonds. The predicted molar refractivity (Wildman–Crippen MR) is 112 cm³/mol. The average molecular weight is 464 g/mol. The Labute approximate surface area is 183 Å². The average Bonchev–Trinajstić information content (AvgIpc) is 3.48. The highest BCUT2D eigenvalue weighted by atomic mass is 32.2. The Hall–Kier alpha value is -2.60. The Morgan fingerprint density at radius 1 is 1.32 bits per heavy atom. The standard InChI is InChI=1S/C20H21N3O6S2/c1-12-3-4-16(7-13(12)2)31(26,27)23-9-15(24)8-17(23)20(25)28-10-18-21-19(22-29-18)14-5-6-30-11-14/h3-7,11,15,17,24H,8-10H2,1-2H3/t15-,17+/m0/s1. The number of thiophene rings is 1. The van der Waals surface area contributed by atoms with E-state index in [0.717, 1.165) is 21.0 Å². The van der Waals surface area contributed by atoms with Gasteiger partial charge in [-0.25, -0.2) is 8.42 Å². The lowest BCUT2D eigenvalue weighted by Crippen LogP contribution is -2.41. The minimum atomic E-state index is -3.99. The molecule has 164 valence electrons. The molecule has 1 saturated heterocycles. The fourth-order valence-corrected chi connectivity index (χ4v) is 5.67. The molecular weight excluding hydrogens is 442 g/mol. The van der Waals surface area contributed by atoms with Gasteiger partial charge in [0.05, 0.1) is 11.0 Å². The number of aromatic nitrogens is 2. The molecule has 2 atom stereocenters. The van der Waals surface area contributed by atoms with Crippen LogP contribution in [0.1, 0.15) is 23.4 Å². The molecule has 0 radical (unpaired) electrons. The van der Waals surface area contributed by atoms with E-state index < -0.39 is 28.1 Å². The van der Waals surface area contributed by atoms with Gasteiger partial charge in [-0.2, -0.15) is 20.6 Å². The lowest BCUT2D eigenvalue weighted by Gasteiger charge is -2.22. The van der Waals surface area contributed by atoms with E-state index in [-0.39, 0.29) is 30.4 Å². The van der Waals surface area contributed by atoms with Gasteiger partial charge in [0.15, 0.2) is 6.61 Å². The first-order valence-electron chi connectivity index (χ1n) is 9.54. The van der Waals surface area contributed by atoms with Gasteiger partial charge in [-0.1, -0.05) is 11.2 Å². The maximum atomic E-state index is 13.1. The summed E-state index contributed by atoms with van der Waals surface area (Å²) in [6.07, 6.45) is -1.01. The summed E-state index contributed by atoms with van der Waals surface area (Å²) < 4.78 is 37.6. The number of aliphatic hydroxyl groups is 1. The van der Waals surface area contributed by atoms with Crippen molar-refractivity contribution in [3.63, 3.8) is 0 Å². The second-order valence-electron chi connectivity index (χ2n) is 7.36. The molecule has 0 aliphatic carbocycles. The first-order chi connectivity index (χ1) is 14.8. The second kappa shape index (κ2) is 8.50. The summed E-state index contributed by atoms with van der Waals surface area (Å²) in [5, 5.41) is 17.6. The molecule has 1 aliphatic heterocycles. The zero-order valence-corrected chi connectivity index (χ0v) is 18.5. The molecular formula is C20H21N3O6S2. The zero-order chi connectivity index (χ0) is 22.2. The van der Waals surface area contributed by atoms with Gasteiger partial charge in [0.2, 0.25) is 15.8 Å². The van der Waals surface area contributed by atoms with E-state index in [1.807, 2.05) is 30.7 Å². The van der Waals surface area contributed by atoms with Crippen LogP contribution in [-0.4, -0.2) is 52.6 Å². The Bertz CT molecular complexity index is 1190. The van der Waals surface area contributed by atoms with E-state index in [2.05, 4.69) is 10.1 Å². The number of hydrogen-bond donors (Lipinski definition) is 1. The van der Waals surface area contributed by atoms with Crippen molar-refractivity contribution in [2.75, 3.05) is 6.54 Å². The molecule has 9 nitrogen and oxygen atoms in total. The fraction of sp³-hybridized carbons (Fsp3) is 0.350. The number of nitrogens with zero attached hydrogens (tertiary/aromatic N) is 3. The van der Waals surface area contributed by atoms with Crippen molar-refractivity contribution in [2.45, 2.75) is 43.9 Å². The SMILES string of the molecule is Cc1ccc(S(=O)(=O)N2C[C@@H](O)C[C@@H]2C(=O)OCc2nc(-c3ccsc3)no2)cc1C. The third kappa shape index (κ3) is 4.40. The number of sulfonamides is 1. The Kier molecular flexibility index (Phi) is 5.93. The lowest BCUT2D eigenvalue weighted by atomic mass is 10.1. The van der Waals surface area contributed by atoms with E-state index in [1.165, 1.54) is 17.4 Å². The summed E-state index contributed by atoms with van der Waals surface area (Å²) in [5.74, 6) is -0.307. The third-order valence-corrected chi connectivity index (χ3v) is 7.73. The maximum absolute atomic E-state index is 13.1. The van der Waals surface area contributed by atoms with Crippen LogP contribution in [0.15, 0.2) is 44.4 Å². The minimum absolute atomic E-state index is 0.0487. The first-order valence-corrected chi connectivity index (χ1v) is 11.9. The van der Waals surface area contributed by atoms with Gasteiger partial charge in [0.25, 0.3) is 5.89 Å². The molecule has 2 aromatic heterocycles. The van der Waals surface area contributed by atoms with Crippen molar-refractivity contribution in [3.05, 3.63) is 52.0 Å². The molecule has 1 fully saturated rings. The molecule has 0 spiro atoms. The van der Waals surface area contributed by atoms with Crippen LogP contribution in [-0.2, 0) is 26.2 Å². The summed E-state index contributed by atoms with van der Waals surface area (Å²) in [7, 11) is -3.99. The number of benzene rings is 1. The summed E-state index contributed by atoms with van der Waals surface area (Å²) in [4.78, 5) is 16.9. The molecule has 3 aromatic rings. The van der Waals surface area contributed by atoms with Crippen LogP contribution in [0.4, 0.5) is 0 Å². The number of rotatable bonds is 6. The molecule has 1 aromatic carbocycles. The van der Waals surface area contributed by atoms with Gasteiger partial charge in [-0.05, 0) is 48.6 Å². The molecule has 4 rings (SSSR count). The molecule has 11 heteroatoms. The lowest BCUT2D eigenvalue weighted by molar-refractivity contribution is -0.149. The van der Waals surface area contributed by atoms with Crippen LogP contribution in [0, 0.1) is 13.8 Å². The van der Waals surface area contributed by atoms with Crippen molar-refractivity contribution in [3.8, 4) is 11.4 Å². The largest absolute Gasteiger partial charge is 0.454 e. The van der Waals surface area contributed by atoms with E-state index in [1.54, 1.807) is 12.1 Å². The number of aryl methyl sites for hydroxylation is 2. The van der Waals surface area contributed by atoms with E-state index in [4.69, 9.17) is 9.26 Å². The summed E-state index contributed by atoms with van der Waals surface area (Å²) in [5.41, 5.74) is 2.56. The van der Waals surface area contributed by atoms with E-state index >= 15 is 0 Å². The summed E-state index contributed by atoms with van der Waals surface area (Å²) in [6, 6.07) is 5.46. The smallest absolute Gasteiger partial charge is 0.325 e. The molecule has 1 aliphatic rings. The maximum Gasteiger partial charge on any atom is 0.325 e. The van der Waals surface area contributed by atoms with Gasteiger partial charge in [-0.15, -0.1) is 0 Å². The summed E-state index contributed by atoms with van der Waals surface area (Å²) in [6.45, 7) is 3.22. The van der Waals surface area contributed by atoms with E-state index in [9.17, 15) is 18.3 Å². The highest BCUT2D eigenvalue weighted by Crippen LogP contribution is 2.28. The number of carbonyl (C=O) groups excluding carboxylic acids is 1. The van der Waals surface area contributed by atoms with Crippen LogP contribution in [0.5, 0.6) is 0 Å². The number of aliphatic hydroxyl groups excluding tert-OH is 1. The Morgan fingerprint density at radius 3 is 2.84 bits per heavy atom. The van der Waals surface area contributed by atoms with Gasteiger partial charge in [0, 0.05) is 23.9 Å². The Balaban J connectivity index is 1.48. The third-order valence-electron chi connectivity index (χ3n) is 5.18. The normalized spacial score (nSPS) is 19.6. The van der Waals surface area contributed by atoms with Crippen LogP contribution < -0.4 is 0 Å². The zero-order valence-electron chi connectivity index (χ0n) is 16.9. The van der Waals surface area contributed by atoms with Gasteiger partial charge in [-0.3, -0.25) is 4.79 Å². The number of hydrogen-bond acceptors (Lipinski definition) is 9. The van der Waals surface area contributed by atoms with Crippen LogP contribution in [0.2, 0.25) is 0 Å². The Morgan fingerprint density at radius 2 is 2.13 bits per heavy atom. The minimum Gasteiger partial charge on any atom is -0.454 e. The first kappa shape index (κ1) is 21.6. The topological polar surface area (TPSA) is 123 Å². The number of ether oxygens (including phenoxy) is 1. The molecule has 0 saturated carbocycles. The van der Waals surface area contributed by atoms with E-state index in [0.29, 0.717) is 5.82 Å². The highest BCUT2D eigenvalue weighted by Gasteiger charge is 2.44. The highest BCUT2D eigenvalue weighted by molar-refractivity contribution is 7.89. The van der Waals surface area contributed by atoms with Gasteiger partial charge >= 0.3 is 5.97 Å². The van der Waals surface area contributed by atoms with Crippen LogP contribution >= 0.6 is 11.3 Å². The molecule has 1 N–H and O–H groups in total. The van der Waals surface area contributed by atoms with Crippen molar-refractivity contribution < 1.29 is 27.6 Å². The van der Waals surface area contributed by atoms with Crippen molar-refractivity contribution >= 4 is 27.3 Å². The number of esters is 1. The fourth-order valence-electron chi connectivity index (χ4n) is 3.33. The summed E-state index contributed by atoms with van der Waals surface area (Å²) >= 11 is 1.49. The van der Waals surface area contributed by atoms with Gasteiger partial charge in [0.1, 0.15) is 6.04 Å². The molecule has 3 heterocycles. The molecule has 31 heavy (non-hydrogen) atoms. The van der Waals surface area contributed by atoms with Gasteiger partial charge < -0.3 is 14.4 Å². The van der Waals surface area contributed by atoms with Crippen molar-refractivity contribution in [2.24, 2.45) is 0 Å². The molecule has 0 unspecified atom stereocenters. The van der Waals surface area contributed by atoms with Crippen molar-refractivity contribution in [1.29, 1.82) is 0 Å². The number of carbonyl (C=O) groups is 1. The van der Waals surface area contributed by atoms with Crippen molar-refractivity contribution in [1.82, 2.24) is 14.4 Å². The molecule has 0 bridgehead atoms. The monoisotopic (exact) mass is 463 g/mol. The van der Waals surface area contributed by atoms with Crippen LogP contribution in [0.3, 0.4) is 0 Å². The second-order valence-corrected chi connectivity index (χ2v) is 10.0. The number of β-amino-alcohol motifs (C(OH)–C–C–N with tert-alkyl or cyclic N) is 1. The quantitative estimate of drug-likeness (QED) is 0.553. The van der Waals surface area contributed by atoms with Crippen LogP contribution in [0.25, 0.3) is 11.4 Å². The predicted octanol–water partition coefficient (Wildman–Crippen LogP) is 2.28.